The zero-order valence-corrected chi connectivity index (χ0v) is 17.7. The van der Waals surface area contributed by atoms with Gasteiger partial charge in [0.25, 0.3) is 0 Å². The van der Waals surface area contributed by atoms with Gasteiger partial charge in [0.1, 0.15) is 5.75 Å². The predicted octanol–water partition coefficient (Wildman–Crippen LogP) is 7.18. The van der Waals surface area contributed by atoms with Crippen LogP contribution in [0.1, 0.15) is 89.5 Å². The Morgan fingerprint density at radius 3 is 2.21 bits per heavy atom. The minimum Gasteiger partial charge on any atom is -0.494 e. The summed E-state index contributed by atoms with van der Waals surface area (Å²) in [6.07, 6.45) is 17.0. The molecule has 2 aromatic rings. The van der Waals surface area contributed by atoms with Gasteiger partial charge >= 0.3 is 0 Å². The summed E-state index contributed by atoms with van der Waals surface area (Å²) in [5.41, 5.74) is 2.36. The van der Waals surface area contributed by atoms with E-state index in [0.717, 1.165) is 36.1 Å². The Labute approximate surface area is 171 Å². The molecule has 0 spiro atoms. The van der Waals surface area contributed by atoms with Crippen molar-refractivity contribution < 1.29 is 4.74 Å². The van der Waals surface area contributed by atoms with E-state index in [1.165, 1.54) is 63.4 Å². The van der Waals surface area contributed by atoms with E-state index in [9.17, 15) is 0 Å². The topological polar surface area (TPSA) is 35.0 Å². The first-order chi connectivity index (χ1) is 13.8. The van der Waals surface area contributed by atoms with E-state index in [0.29, 0.717) is 5.92 Å². The number of hydrogen-bond donors (Lipinski definition) is 0. The number of ether oxygens (including phenoxy) is 1. The molecule has 3 nitrogen and oxygen atoms in total. The molecule has 1 heterocycles. The second kappa shape index (κ2) is 11.2. The zero-order chi connectivity index (χ0) is 19.6. The Balaban J connectivity index is 1.51. The van der Waals surface area contributed by atoms with E-state index >= 15 is 0 Å². The van der Waals surface area contributed by atoms with Crippen LogP contribution in [0.4, 0.5) is 0 Å². The first kappa shape index (κ1) is 20.8. The van der Waals surface area contributed by atoms with Crippen molar-refractivity contribution >= 4 is 0 Å². The van der Waals surface area contributed by atoms with Crippen molar-refractivity contribution in [3.05, 3.63) is 42.2 Å². The quantitative estimate of drug-likeness (QED) is 0.410. The normalized spacial score (nSPS) is 19.5. The minimum absolute atomic E-state index is 0.644. The maximum atomic E-state index is 5.83. The van der Waals surface area contributed by atoms with E-state index in [1.807, 2.05) is 24.5 Å². The smallest absolute Gasteiger partial charge is 0.159 e. The summed E-state index contributed by atoms with van der Waals surface area (Å²) < 4.78 is 5.83. The molecule has 1 fully saturated rings. The van der Waals surface area contributed by atoms with Crippen LogP contribution in [0.3, 0.4) is 0 Å². The van der Waals surface area contributed by atoms with E-state index in [1.54, 1.807) is 0 Å². The summed E-state index contributed by atoms with van der Waals surface area (Å²) in [7, 11) is 0. The Kier molecular flexibility index (Phi) is 8.32. The van der Waals surface area contributed by atoms with Crippen molar-refractivity contribution in [2.45, 2.75) is 84.0 Å². The predicted molar refractivity (Wildman–Crippen MR) is 117 cm³/mol. The molecule has 0 radical (unpaired) electrons. The lowest BCUT2D eigenvalue weighted by Crippen LogP contribution is -2.13. The van der Waals surface area contributed by atoms with Crippen molar-refractivity contribution in [3.8, 4) is 17.1 Å². The summed E-state index contributed by atoms with van der Waals surface area (Å²) in [4.78, 5) is 9.31. The fourth-order valence-corrected chi connectivity index (χ4v) is 4.31. The summed E-state index contributed by atoms with van der Waals surface area (Å²) in [5, 5.41) is 0. The maximum absolute atomic E-state index is 5.83. The Morgan fingerprint density at radius 2 is 1.57 bits per heavy atom. The highest BCUT2D eigenvalue weighted by Gasteiger charge is 2.22. The molecule has 0 aliphatic heterocycles. The van der Waals surface area contributed by atoms with Crippen molar-refractivity contribution in [3.63, 3.8) is 0 Å². The lowest BCUT2D eigenvalue weighted by molar-refractivity contribution is 0.305. The minimum atomic E-state index is 0.644. The molecule has 0 N–H and O–H groups in total. The van der Waals surface area contributed by atoms with Gasteiger partial charge in [-0.05, 0) is 73.8 Å². The standard InChI is InChI=1S/C25H36N2O/c1-3-5-6-7-17-28-24-15-13-22(14-16-24)25-26-18-23(19-27-25)21-11-9-20(8-4-2)10-12-21/h13-16,18-21H,3-12,17H2,1-2H3/t20-,21-. The second-order valence-corrected chi connectivity index (χ2v) is 8.28. The number of rotatable bonds is 10. The van der Waals surface area contributed by atoms with Gasteiger partial charge in [-0.1, -0.05) is 46.0 Å². The van der Waals surface area contributed by atoms with Gasteiger partial charge in [0.15, 0.2) is 5.82 Å². The van der Waals surface area contributed by atoms with Gasteiger partial charge in [0.2, 0.25) is 0 Å². The van der Waals surface area contributed by atoms with E-state index in [-0.39, 0.29) is 0 Å². The highest BCUT2D eigenvalue weighted by molar-refractivity contribution is 5.56. The summed E-state index contributed by atoms with van der Waals surface area (Å²) in [5.74, 6) is 3.32. The third-order valence-electron chi connectivity index (χ3n) is 6.07. The molecule has 1 aliphatic carbocycles. The number of aromatic nitrogens is 2. The van der Waals surface area contributed by atoms with E-state index in [4.69, 9.17) is 4.74 Å². The fourth-order valence-electron chi connectivity index (χ4n) is 4.31. The lowest BCUT2D eigenvalue weighted by Gasteiger charge is -2.28. The molecular weight excluding hydrogens is 344 g/mol. The second-order valence-electron chi connectivity index (χ2n) is 8.28. The summed E-state index contributed by atoms with van der Waals surface area (Å²) in [6.45, 7) is 5.32. The maximum Gasteiger partial charge on any atom is 0.159 e. The van der Waals surface area contributed by atoms with Crippen LogP contribution in [0.15, 0.2) is 36.7 Å². The molecule has 0 saturated heterocycles. The molecule has 28 heavy (non-hydrogen) atoms. The average molecular weight is 381 g/mol. The van der Waals surface area contributed by atoms with Gasteiger partial charge in [-0.2, -0.15) is 0 Å². The molecule has 1 aromatic carbocycles. The first-order valence-corrected chi connectivity index (χ1v) is 11.3. The van der Waals surface area contributed by atoms with Crippen LogP contribution in [-0.4, -0.2) is 16.6 Å². The molecule has 1 aliphatic rings. The Bertz CT molecular complexity index is 673. The largest absolute Gasteiger partial charge is 0.494 e. The molecule has 3 rings (SSSR count). The molecule has 1 aromatic heterocycles. The van der Waals surface area contributed by atoms with Gasteiger partial charge < -0.3 is 4.74 Å². The molecular formula is C25H36N2O. The zero-order valence-electron chi connectivity index (χ0n) is 17.7. The Morgan fingerprint density at radius 1 is 0.857 bits per heavy atom. The first-order valence-electron chi connectivity index (χ1n) is 11.3. The van der Waals surface area contributed by atoms with Crippen LogP contribution in [0.2, 0.25) is 0 Å². The molecule has 0 amide bonds. The van der Waals surface area contributed by atoms with Crippen LogP contribution in [0.5, 0.6) is 5.75 Å². The van der Waals surface area contributed by atoms with Crippen molar-refractivity contribution in [1.82, 2.24) is 9.97 Å². The van der Waals surface area contributed by atoms with Gasteiger partial charge in [0.05, 0.1) is 6.61 Å². The van der Waals surface area contributed by atoms with Crippen LogP contribution in [0.25, 0.3) is 11.4 Å². The molecule has 152 valence electrons. The highest BCUT2D eigenvalue weighted by Crippen LogP contribution is 2.37. The van der Waals surface area contributed by atoms with E-state index < -0.39 is 0 Å². The van der Waals surface area contributed by atoms with Crippen LogP contribution >= 0.6 is 0 Å². The van der Waals surface area contributed by atoms with Gasteiger partial charge in [0, 0.05) is 18.0 Å². The molecule has 0 atom stereocenters. The number of benzene rings is 1. The number of unbranched alkanes of at least 4 members (excludes halogenated alkanes) is 3. The number of hydrogen-bond acceptors (Lipinski definition) is 3. The summed E-state index contributed by atoms with van der Waals surface area (Å²) in [6, 6.07) is 8.18. The molecule has 0 unspecified atom stereocenters. The molecule has 3 heteroatoms. The van der Waals surface area contributed by atoms with Gasteiger partial charge in [-0.15, -0.1) is 0 Å². The molecule has 1 saturated carbocycles. The third-order valence-corrected chi connectivity index (χ3v) is 6.07. The van der Waals surface area contributed by atoms with Crippen LogP contribution < -0.4 is 4.74 Å². The van der Waals surface area contributed by atoms with Gasteiger partial charge in [-0.3, -0.25) is 0 Å². The number of nitrogens with zero attached hydrogens (tertiary/aromatic N) is 2. The summed E-state index contributed by atoms with van der Waals surface area (Å²) >= 11 is 0. The average Bonchev–Trinajstić information content (AvgIpc) is 2.75. The fraction of sp³-hybridized carbons (Fsp3) is 0.600. The van der Waals surface area contributed by atoms with Gasteiger partial charge in [-0.25, -0.2) is 9.97 Å². The van der Waals surface area contributed by atoms with Crippen molar-refractivity contribution in [2.75, 3.05) is 6.61 Å². The van der Waals surface area contributed by atoms with Crippen LogP contribution in [-0.2, 0) is 0 Å². The van der Waals surface area contributed by atoms with E-state index in [2.05, 4.69) is 35.9 Å². The van der Waals surface area contributed by atoms with Crippen molar-refractivity contribution in [2.24, 2.45) is 5.92 Å². The van der Waals surface area contributed by atoms with Crippen LogP contribution in [0, 0.1) is 5.92 Å². The van der Waals surface area contributed by atoms with Crippen molar-refractivity contribution in [1.29, 1.82) is 0 Å². The monoisotopic (exact) mass is 380 g/mol. The highest BCUT2D eigenvalue weighted by atomic mass is 16.5. The molecule has 0 bridgehead atoms. The third kappa shape index (κ3) is 6.05. The lowest BCUT2D eigenvalue weighted by atomic mass is 9.78. The SMILES string of the molecule is CCCCCCOc1ccc(-c2ncc([C@H]3CC[C@H](CCC)CC3)cn2)cc1. The Hall–Kier alpha value is -1.90.